The summed E-state index contributed by atoms with van der Waals surface area (Å²) in [5.41, 5.74) is 0. The summed E-state index contributed by atoms with van der Waals surface area (Å²) in [6.45, 7) is 8.41. The number of aliphatic hydroxyl groups is 1. The molecule has 0 aromatic heterocycles. The summed E-state index contributed by atoms with van der Waals surface area (Å²) in [6, 6.07) is 0.604. The van der Waals surface area contributed by atoms with Crippen molar-refractivity contribution >= 4 is 0 Å². The van der Waals surface area contributed by atoms with Gasteiger partial charge in [0.05, 0.1) is 6.10 Å². The van der Waals surface area contributed by atoms with E-state index < -0.39 is 0 Å². The van der Waals surface area contributed by atoms with Crippen LogP contribution in [0.5, 0.6) is 0 Å². The second-order valence-corrected chi connectivity index (χ2v) is 3.79. The molecular formula is C9H20N2O. The van der Waals surface area contributed by atoms with Crippen LogP contribution in [-0.2, 0) is 0 Å². The van der Waals surface area contributed by atoms with Gasteiger partial charge >= 0.3 is 0 Å². The Morgan fingerprint density at radius 3 is 3.00 bits per heavy atom. The molecule has 1 fully saturated rings. The summed E-state index contributed by atoms with van der Waals surface area (Å²) in [6.07, 6.45) is 0.738. The standard InChI is InChI=1S/C9H20N2O/c1-8-7-11(6-4-10-8)5-3-9(2)12/h8-10,12H,3-7H2,1-2H3. The molecule has 0 spiro atoms. The Morgan fingerprint density at radius 1 is 1.67 bits per heavy atom. The molecular weight excluding hydrogens is 152 g/mol. The highest BCUT2D eigenvalue weighted by Crippen LogP contribution is 2.00. The van der Waals surface area contributed by atoms with Gasteiger partial charge < -0.3 is 15.3 Å². The topological polar surface area (TPSA) is 35.5 Å². The largest absolute Gasteiger partial charge is 0.393 e. The van der Waals surface area contributed by atoms with Gasteiger partial charge in [-0.05, 0) is 20.3 Å². The fraction of sp³-hybridized carbons (Fsp3) is 1.00. The van der Waals surface area contributed by atoms with Crippen LogP contribution in [-0.4, -0.2) is 48.3 Å². The zero-order valence-corrected chi connectivity index (χ0v) is 8.08. The zero-order valence-electron chi connectivity index (χ0n) is 8.08. The van der Waals surface area contributed by atoms with Crippen LogP contribution in [0.25, 0.3) is 0 Å². The van der Waals surface area contributed by atoms with Crippen molar-refractivity contribution < 1.29 is 5.11 Å². The lowest BCUT2D eigenvalue weighted by Gasteiger charge is -2.32. The van der Waals surface area contributed by atoms with Crippen LogP contribution in [0.2, 0.25) is 0 Å². The summed E-state index contributed by atoms with van der Waals surface area (Å²) >= 11 is 0. The summed E-state index contributed by atoms with van der Waals surface area (Å²) in [5, 5.41) is 12.5. The van der Waals surface area contributed by atoms with E-state index in [0.29, 0.717) is 6.04 Å². The molecule has 3 nitrogen and oxygen atoms in total. The van der Waals surface area contributed by atoms with E-state index >= 15 is 0 Å². The number of aliphatic hydroxyl groups excluding tert-OH is 1. The third-order valence-electron chi connectivity index (χ3n) is 2.32. The second kappa shape index (κ2) is 4.80. The highest BCUT2D eigenvalue weighted by molar-refractivity contribution is 4.74. The van der Waals surface area contributed by atoms with Crippen LogP contribution in [0.1, 0.15) is 20.3 Å². The molecule has 1 heterocycles. The zero-order chi connectivity index (χ0) is 8.97. The molecule has 2 unspecified atom stereocenters. The van der Waals surface area contributed by atoms with E-state index in [2.05, 4.69) is 17.1 Å². The van der Waals surface area contributed by atoms with Crippen molar-refractivity contribution in [3.63, 3.8) is 0 Å². The van der Waals surface area contributed by atoms with Crippen molar-refractivity contribution in [1.29, 1.82) is 0 Å². The number of nitrogens with zero attached hydrogens (tertiary/aromatic N) is 1. The van der Waals surface area contributed by atoms with E-state index in [1.165, 1.54) is 0 Å². The number of rotatable bonds is 3. The molecule has 2 atom stereocenters. The number of piperazine rings is 1. The van der Waals surface area contributed by atoms with Crippen molar-refractivity contribution in [2.45, 2.75) is 32.4 Å². The van der Waals surface area contributed by atoms with Crippen molar-refractivity contribution in [3.8, 4) is 0 Å². The molecule has 72 valence electrons. The van der Waals surface area contributed by atoms with Gasteiger partial charge in [-0.3, -0.25) is 0 Å². The highest BCUT2D eigenvalue weighted by atomic mass is 16.3. The lowest BCUT2D eigenvalue weighted by atomic mass is 10.2. The highest BCUT2D eigenvalue weighted by Gasteiger charge is 2.14. The lowest BCUT2D eigenvalue weighted by molar-refractivity contribution is 0.141. The Morgan fingerprint density at radius 2 is 2.42 bits per heavy atom. The minimum absolute atomic E-state index is 0.157. The average molecular weight is 172 g/mol. The molecule has 12 heavy (non-hydrogen) atoms. The minimum Gasteiger partial charge on any atom is -0.393 e. The first-order valence-corrected chi connectivity index (χ1v) is 4.82. The molecule has 0 aromatic rings. The molecule has 0 radical (unpaired) electrons. The summed E-state index contributed by atoms with van der Waals surface area (Å²) < 4.78 is 0. The smallest absolute Gasteiger partial charge is 0.0524 e. The third kappa shape index (κ3) is 3.52. The summed E-state index contributed by atoms with van der Waals surface area (Å²) in [4.78, 5) is 2.41. The monoisotopic (exact) mass is 172 g/mol. The fourth-order valence-electron chi connectivity index (χ4n) is 1.58. The fourth-order valence-corrected chi connectivity index (χ4v) is 1.58. The first-order valence-electron chi connectivity index (χ1n) is 4.82. The molecule has 2 N–H and O–H groups in total. The first kappa shape index (κ1) is 9.96. The Labute approximate surface area is 74.8 Å². The van der Waals surface area contributed by atoms with Crippen molar-refractivity contribution in [3.05, 3.63) is 0 Å². The van der Waals surface area contributed by atoms with Crippen LogP contribution in [0, 0.1) is 0 Å². The Kier molecular flexibility index (Phi) is 3.98. The second-order valence-electron chi connectivity index (χ2n) is 3.79. The van der Waals surface area contributed by atoms with Crippen LogP contribution >= 0.6 is 0 Å². The van der Waals surface area contributed by atoms with Crippen molar-refractivity contribution in [1.82, 2.24) is 10.2 Å². The minimum atomic E-state index is -0.157. The molecule has 0 aromatic carbocycles. The number of nitrogens with one attached hydrogen (secondary N) is 1. The van der Waals surface area contributed by atoms with Gasteiger partial charge in [0.1, 0.15) is 0 Å². The maximum Gasteiger partial charge on any atom is 0.0524 e. The maximum atomic E-state index is 9.11. The molecule has 3 heteroatoms. The third-order valence-corrected chi connectivity index (χ3v) is 2.32. The van der Waals surface area contributed by atoms with Crippen molar-refractivity contribution in [2.24, 2.45) is 0 Å². The van der Waals surface area contributed by atoms with Gasteiger partial charge in [0, 0.05) is 32.2 Å². The Hall–Kier alpha value is -0.120. The predicted molar refractivity (Wildman–Crippen MR) is 50.2 cm³/mol. The van der Waals surface area contributed by atoms with E-state index in [1.54, 1.807) is 0 Å². The molecule has 0 aliphatic carbocycles. The Balaban J connectivity index is 2.14. The molecule has 1 aliphatic heterocycles. The SMILES string of the molecule is CC(O)CCN1CCNC(C)C1. The first-order chi connectivity index (χ1) is 5.68. The molecule has 0 saturated carbocycles. The molecule has 1 saturated heterocycles. The summed E-state index contributed by atoms with van der Waals surface area (Å²) in [5.74, 6) is 0. The average Bonchev–Trinajstić information content (AvgIpc) is 2.01. The van der Waals surface area contributed by atoms with E-state index in [9.17, 15) is 0 Å². The van der Waals surface area contributed by atoms with E-state index in [0.717, 1.165) is 32.6 Å². The van der Waals surface area contributed by atoms with E-state index in [-0.39, 0.29) is 6.10 Å². The molecule has 1 aliphatic rings. The van der Waals surface area contributed by atoms with Crippen LogP contribution < -0.4 is 5.32 Å². The molecule has 0 amide bonds. The Bertz CT molecular complexity index is 128. The molecule has 0 bridgehead atoms. The van der Waals surface area contributed by atoms with Gasteiger partial charge in [0.15, 0.2) is 0 Å². The number of hydrogen-bond donors (Lipinski definition) is 2. The molecule has 1 rings (SSSR count). The predicted octanol–water partition coefficient (Wildman–Crippen LogP) is 0.0510. The van der Waals surface area contributed by atoms with Crippen LogP contribution in [0.4, 0.5) is 0 Å². The summed E-state index contributed by atoms with van der Waals surface area (Å²) in [7, 11) is 0. The lowest BCUT2D eigenvalue weighted by Crippen LogP contribution is -2.49. The van der Waals surface area contributed by atoms with Gasteiger partial charge in [0.2, 0.25) is 0 Å². The van der Waals surface area contributed by atoms with Crippen LogP contribution in [0.3, 0.4) is 0 Å². The quantitative estimate of drug-likeness (QED) is 0.631. The van der Waals surface area contributed by atoms with Gasteiger partial charge in [-0.15, -0.1) is 0 Å². The van der Waals surface area contributed by atoms with Gasteiger partial charge in [0.25, 0.3) is 0 Å². The maximum absolute atomic E-state index is 9.11. The van der Waals surface area contributed by atoms with Crippen LogP contribution in [0.15, 0.2) is 0 Å². The van der Waals surface area contributed by atoms with Crippen molar-refractivity contribution in [2.75, 3.05) is 26.2 Å². The number of hydrogen-bond acceptors (Lipinski definition) is 3. The van der Waals surface area contributed by atoms with Gasteiger partial charge in [-0.25, -0.2) is 0 Å². The normalized spacial score (nSPS) is 28.8. The van der Waals surface area contributed by atoms with Gasteiger partial charge in [-0.1, -0.05) is 0 Å². The van der Waals surface area contributed by atoms with E-state index in [1.807, 2.05) is 6.92 Å². The van der Waals surface area contributed by atoms with Gasteiger partial charge in [-0.2, -0.15) is 0 Å². The van der Waals surface area contributed by atoms with E-state index in [4.69, 9.17) is 5.11 Å².